The molecule has 0 unspecified atom stereocenters. The zero-order valence-electron chi connectivity index (χ0n) is 14.8. The van der Waals surface area contributed by atoms with Crippen LogP contribution in [-0.2, 0) is 11.2 Å². The summed E-state index contributed by atoms with van der Waals surface area (Å²) in [5, 5.41) is 5.52. The van der Waals surface area contributed by atoms with E-state index < -0.39 is 0 Å². The maximum atomic E-state index is 12.1. The second kappa shape index (κ2) is 8.45. The van der Waals surface area contributed by atoms with Crippen LogP contribution in [0.5, 0.6) is 5.75 Å². The van der Waals surface area contributed by atoms with Crippen molar-refractivity contribution in [2.45, 2.75) is 26.2 Å². The van der Waals surface area contributed by atoms with Gasteiger partial charge in [0, 0.05) is 5.38 Å². The summed E-state index contributed by atoms with van der Waals surface area (Å²) in [4.78, 5) is 18.6. The predicted molar refractivity (Wildman–Crippen MR) is 101 cm³/mol. The number of amides is 1. The lowest BCUT2D eigenvalue weighted by Gasteiger charge is -2.31. The number of methoxy groups -OCH3 is 1. The Morgan fingerprint density at radius 3 is 2.64 bits per heavy atom. The van der Waals surface area contributed by atoms with Crippen molar-refractivity contribution in [1.29, 1.82) is 0 Å². The molecule has 1 aromatic heterocycles. The molecule has 0 bridgehead atoms. The van der Waals surface area contributed by atoms with Crippen molar-refractivity contribution >= 4 is 22.4 Å². The number of hydrogen-bond acceptors (Lipinski definition) is 5. The molecule has 5 nitrogen and oxygen atoms in total. The third-order valence-electron chi connectivity index (χ3n) is 4.62. The second-order valence-corrected chi connectivity index (χ2v) is 7.47. The predicted octanol–water partition coefficient (Wildman–Crippen LogP) is 3.35. The number of carbonyl (C=O) groups excluding carboxylic acids is 1. The van der Waals surface area contributed by atoms with Gasteiger partial charge in [0.25, 0.3) is 0 Å². The molecule has 3 rings (SSSR count). The monoisotopic (exact) mass is 359 g/mol. The van der Waals surface area contributed by atoms with Crippen molar-refractivity contribution < 1.29 is 9.53 Å². The molecular weight excluding hydrogens is 334 g/mol. The Balaban J connectivity index is 1.41. The van der Waals surface area contributed by atoms with Crippen LogP contribution < -0.4 is 10.1 Å². The summed E-state index contributed by atoms with van der Waals surface area (Å²) < 4.78 is 5.21. The van der Waals surface area contributed by atoms with Gasteiger partial charge in [0.05, 0.1) is 19.3 Å². The van der Waals surface area contributed by atoms with Gasteiger partial charge in [0.15, 0.2) is 5.13 Å². The first kappa shape index (κ1) is 17.9. The largest absolute Gasteiger partial charge is 0.497 e. The van der Waals surface area contributed by atoms with Crippen molar-refractivity contribution in [3.63, 3.8) is 0 Å². The van der Waals surface area contributed by atoms with E-state index in [1.807, 2.05) is 24.4 Å². The van der Waals surface area contributed by atoms with E-state index in [2.05, 4.69) is 27.3 Å². The molecule has 0 spiro atoms. The van der Waals surface area contributed by atoms with Gasteiger partial charge in [0.1, 0.15) is 5.75 Å². The minimum atomic E-state index is 0.0305. The Hall–Kier alpha value is -1.92. The van der Waals surface area contributed by atoms with E-state index in [9.17, 15) is 4.79 Å². The smallest absolute Gasteiger partial charge is 0.240 e. The highest BCUT2D eigenvalue weighted by Crippen LogP contribution is 2.23. The number of likely N-dealkylation sites (tertiary alicyclic amines) is 1. The SMILES string of the molecule is COc1ccc(CC2CCN(CC(=O)Nc3nc(C)cs3)CC2)cc1. The number of aromatic nitrogens is 1. The number of anilines is 1. The number of benzene rings is 1. The number of nitrogens with zero attached hydrogens (tertiary/aromatic N) is 2. The highest BCUT2D eigenvalue weighted by Gasteiger charge is 2.21. The molecule has 0 aliphatic carbocycles. The van der Waals surface area contributed by atoms with Gasteiger partial charge in [-0.25, -0.2) is 4.98 Å². The molecule has 1 aliphatic heterocycles. The third-order valence-corrected chi connectivity index (χ3v) is 5.50. The number of aryl methyl sites for hydroxylation is 1. The average Bonchev–Trinajstić information content (AvgIpc) is 3.02. The van der Waals surface area contributed by atoms with Crippen LogP contribution in [0, 0.1) is 12.8 Å². The van der Waals surface area contributed by atoms with Gasteiger partial charge in [-0.05, 0) is 62.9 Å². The zero-order chi connectivity index (χ0) is 17.6. The minimum absolute atomic E-state index is 0.0305. The highest BCUT2D eigenvalue weighted by molar-refractivity contribution is 7.13. The second-order valence-electron chi connectivity index (χ2n) is 6.61. The molecule has 1 fully saturated rings. The number of nitrogens with one attached hydrogen (secondary N) is 1. The lowest BCUT2D eigenvalue weighted by molar-refractivity contribution is -0.117. The van der Waals surface area contributed by atoms with E-state index in [0.717, 1.165) is 43.8 Å². The molecule has 1 amide bonds. The summed E-state index contributed by atoms with van der Waals surface area (Å²) in [5.41, 5.74) is 2.30. The number of carbonyl (C=O) groups is 1. The minimum Gasteiger partial charge on any atom is -0.497 e. The van der Waals surface area contributed by atoms with Gasteiger partial charge in [-0.3, -0.25) is 9.69 Å². The molecule has 1 N–H and O–H groups in total. The Kier molecular flexibility index (Phi) is 6.04. The topological polar surface area (TPSA) is 54.5 Å². The molecule has 2 heterocycles. The number of ether oxygens (including phenoxy) is 1. The Morgan fingerprint density at radius 2 is 2.04 bits per heavy atom. The molecule has 134 valence electrons. The Morgan fingerprint density at radius 1 is 1.32 bits per heavy atom. The molecule has 25 heavy (non-hydrogen) atoms. The molecule has 1 aromatic carbocycles. The molecule has 1 aliphatic rings. The van der Waals surface area contributed by atoms with E-state index in [1.54, 1.807) is 7.11 Å². The van der Waals surface area contributed by atoms with Crippen molar-refractivity contribution in [3.05, 3.63) is 40.9 Å². The molecule has 1 saturated heterocycles. The first-order valence-electron chi connectivity index (χ1n) is 8.69. The van der Waals surface area contributed by atoms with Crippen LogP contribution in [0.25, 0.3) is 0 Å². The molecule has 6 heteroatoms. The lowest BCUT2D eigenvalue weighted by Crippen LogP contribution is -2.39. The van der Waals surface area contributed by atoms with Gasteiger partial charge in [-0.15, -0.1) is 11.3 Å². The van der Waals surface area contributed by atoms with E-state index in [-0.39, 0.29) is 5.91 Å². The van der Waals surface area contributed by atoms with E-state index in [0.29, 0.717) is 17.6 Å². The van der Waals surface area contributed by atoms with Crippen LogP contribution in [0.15, 0.2) is 29.6 Å². The summed E-state index contributed by atoms with van der Waals surface area (Å²) in [5.74, 6) is 1.62. The maximum absolute atomic E-state index is 12.1. The van der Waals surface area contributed by atoms with E-state index in [1.165, 1.54) is 16.9 Å². The summed E-state index contributed by atoms with van der Waals surface area (Å²) in [6.07, 6.45) is 3.37. The Labute approximate surface area is 153 Å². The standard InChI is InChI=1S/C19H25N3O2S/c1-14-13-25-19(20-14)21-18(23)12-22-9-7-16(8-10-22)11-15-3-5-17(24-2)6-4-15/h3-6,13,16H,7-12H2,1-2H3,(H,20,21,23). The van der Waals surface area contributed by atoms with Gasteiger partial charge < -0.3 is 10.1 Å². The summed E-state index contributed by atoms with van der Waals surface area (Å²) in [7, 11) is 1.69. The Bertz CT molecular complexity index is 691. The fourth-order valence-corrected chi connectivity index (χ4v) is 3.92. The van der Waals surface area contributed by atoms with Gasteiger partial charge >= 0.3 is 0 Å². The molecule has 2 aromatic rings. The maximum Gasteiger partial charge on any atom is 0.240 e. The number of hydrogen-bond donors (Lipinski definition) is 1. The zero-order valence-corrected chi connectivity index (χ0v) is 15.6. The fraction of sp³-hybridized carbons (Fsp3) is 0.474. The third kappa shape index (κ3) is 5.28. The quantitative estimate of drug-likeness (QED) is 0.859. The van der Waals surface area contributed by atoms with Crippen LogP contribution in [0.2, 0.25) is 0 Å². The summed E-state index contributed by atoms with van der Waals surface area (Å²) in [6.45, 7) is 4.34. The first-order chi connectivity index (χ1) is 12.1. The van der Waals surface area contributed by atoms with Gasteiger partial charge in [-0.2, -0.15) is 0 Å². The van der Waals surface area contributed by atoms with Crippen LogP contribution in [0.3, 0.4) is 0 Å². The highest BCUT2D eigenvalue weighted by atomic mass is 32.1. The van der Waals surface area contributed by atoms with Crippen LogP contribution >= 0.6 is 11.3 Å². The fourth-order valence-electron chi connectivity index (χ4n) is 3.22. The van der Waals surface area contributed by atoms with Crippen LogP contribution in [0.1, 0.15) is 24.1 Å². The lowest BCUT2D eigenvalue weighted by atomic mass is 9.90. The average molecular weight is 359 g/mol. The van der Waals surface area contributed by atoms with Crippen molar-refractivity contribution in [3.8, 4) is 5.75 Å². The number of rotatable bonds is 6. The van der Waals surface area contributed by atoms with Crippen LogP contribution in [-0.4, -0.2) is 42.5 Å². The van der Waals surface area contributed by atoms with E-state index in [4.69, 9.17) is 4.74 Å². The van der Waals surface area contributed by atoms with Crippen molar-refractivity contribution in [2.24, 2.45) is 5.92 Å². The molecule has 0 radical (unpaired) electrons. The normalized spacial score (nSPS) is 15.9. The van der Waals surface area contributed by atoms with Gasteiger partial charge in [-0.1, -0.05) is 12.1 Å². The summed E-state index contributed by atoms with van der Waals surface area (Å²) >= 11 is 1.47. The first-order valence-corrected chi connectivity index (χ1v) is 9.57. The molecular formula is C19H25N3O2S. The molecule has 0 atom stereocenters. The van der Waals surface area contributed by atoms with E-state index >= 15 is 0 Å². The van der Waals surface area contributed by atoms with Gasteiger partial charge in [0.2, 0.25) is 5.91 Å². The van der Waals surface area contributed by atoms with Crippen LogP contribution in [0.4, 0.5) is 5.13 Å². The number of piperidine rings is 1. The number of thiazole rings is 1. The molecule has 0 saturated carbocycles. The summed E-state index contributed by atoms with van der Waals surface area (Å²) in [6, 6.07) is 8.34. The van der Waals surface area contributed by atoms with Crippen molar-refractivity contribution in [2.75, 3.05) is 32.1 Å². The van der Waals surface area contributed by atoms with Crippen molar-refractivity contribution in [1.82, 2.24) is 9.88 Å².